The number of likely N-dealkylation sites (tertiary alicyclic amines) is 1. The summed E-state index contributed by atoms with van der Waals surface area (Å²) in [5, 5.41) is 9.34. The van der Waals surface area contributed by atoms with Crippen LogP contribution in [-0.4, -0.2) is 29.1 Å². The van der Waals surface area contributed by atoms with Crippen molar-refractivity contribution < 1.29 is 9.90 Å². The van der Waals surface area contributed by atoms with Crippen LogP contribution >= 0.6 is 0 Å². The first-order chi connectivity index (χ1) is 9.43. The molecule has 0 aromatic heterocycles. The number of carboxylic acids is 1. The van der Waals surface area contributed by atoms with Gasteiger partial charge in [0, 0.05) is 0 Å². The van der Waals surface area contributed by atoms with E-state index in [-0.39, 0.29) is 6.42 Å². The average Bonchev–Trinajstić information content (AvgIpc) is 2.42. The summed E-state index contributed by atoms with van der Waals surface area (Å²) in [7, 11) is 0. The highest BCUT2D eigenvalue weighted by Crippen LogP contribution is 2.35. The summed E-state index contributed by atoms with van der Waals surface area (Å²) in [4.78, 5) is 13.7. The van der Waals surface area contributed by atoms with Crippen molar-refractivity contribution in [3.8, 4) is 0 Å². The summed E-state index contributed by atoms with van der Waals surface area (Å²) in [6.45, 7) is 8.26. The minimum Gasteiger partial charge on any atom is -0.481 e. The normalized spacial score (nSPS) is 19.6. The lowest BCUT2D eigenvalue weighted by Gasteiger charge is -2.43. The highest BCUT2D eigenvalue weighted by Gasteiger charge is 2.36. The molecule has 1 heterocycles. The van der Waals surface area contributed by atoms with Crippen molar-refractivity contribution in [3.05, 3.63) is 34.9 Å². The highest BCUT2D eigenvalue weighted by molar-refractivity contribution is 5.69. The van der Waals surface area contributed by atoms with Crippen LogP contribution in [-0.2, 0) is 10.3 Å². The minimum atomic E-state index is -0.726. The third-order valence-corrected chi connectivity index (χ3v) is 4.68. The largest absolute Gasteiger partial charge is 0.481 e. The number of nitrogens with zero attached hydrogens (tertiary/aromatic N) is 1. The summed E-state index contributed by atoms with van der Waals surface area (Å²) >= 11 is 0. The second kappa shape index (κ2) is 5.96. The summed E-state index contributed by atoms with van der Waals surface area (Å²) in [6, 6.07) is 6.36. The first kappa shape index (κ1) is 15.0. The molecule has 3 heteroatoms. The molecule has 0 aliphatic carbocycles. The molecule has 1 aliphatic rings. The Morgan fingerprint density at radius 2 is 1.85 bits per heavy atom. The number of carbonyl (C=O) groups is 1. The predicted octanol–water partition coefficient (Wildman–Crippen LogP) is 3.48. The van der Waals surface area contributed by atoms with Gasteiger partial charge in [-0.15, -0.1) is 0 Å². The fraction of sp³-hybridized carbons (Fsp3) is 0.588. The van der Waals surface area contributed by atoms with Crippen molar-refractivity contribution in [1.29, 1.82) is 0 Å². The van der Waals surface area contributed by atoms with Gasteiger partial charge in [-0.05, 0) is 63.4 Å². The highest BCUT2D eigenvalue weighted by atomic mass is 16.4. The van der Waals surface area contributed by atoms with Gasteiger partial charge in [0.1, 0.15) is 0 Å². The van der Waals surface area contributed by atoms with Crippen LogP contribution in [0.2, 0.25) is 0 Å². The molecule has 0 bridgehead atoms. The maximum Gasteiger partial charge on any atom is 0.305 e. The summed E-state index contributed by atoms with van der Waals surface area (Å²) in [5.74, 6) is -0.726. The molecule has 1 aromatic rings. The molecule has 1 atom stereocenters. The lowest BCUT2D eigenvalue weighted by atomic mass is 9.84. The first-order valence-electron chi connectivity index (χ1n) is 7.48. The summed E-state index contributed by atoms with van der Waals surface area (Å²) < 4.78 is 0. The van der Waals surface area contributed by atoms with Crippen molar-refractivity contribution in [1.82, 2.24) is 4.90 Å². The molecule has 0 amide bonds. The molecule has 3 nitrogen and oxygen atoms in total. The molecular formula is C17H25NO2. The Bertz CT molecular complexity index is 492. The van der Waals surface area contributed by atoms with Crippen molar-refractivity contribution in [2.45, 2.75) is 52.0 Å². The molecule has 1 fully saturated rings. The summed E-state index contributed by atoms with van der Waals surface area (Å²) in [6.07, 6.45) is 3.75. The number of aryl methyl sites for hydroxylation is 2. The number of aliphatic carboxylic acids is 1. The van der Waals surface area contributed by atoms with Gasteiger partial charge in [-0.2, -0.15) is 0 Å². The monoisotopic (exact) mass is 275 g/mol. The van der Waals surface area contributed by atoms with Gasteiger partial charge >= 0.3 is 5.97 Å². The van der Waals surface area contributed by atoms with E-state index < -0.39 is 11.5 Å². The minimum absolute atomic E-state index is 0.162. The van der Waals surface area contributed by atoms with E-state index >= 15 is 0 Å². The van der Waals surface area contributed by atoms with E-state index in [0.29, 0.717) is 0 Å². The van der Waals surface area contributed by atoms with Gasteiger partial charge in [-0.3, -0.25) is 9.69 Å². The lowest BCUT2D eigenvalue weighted by Crippen LogP contribution is -2.48. The van der Waals surface area contributed by atoms with Crippen LogP contribution in [0.15, 0.2) is 18.2 Å². The molecule has 2 rings (SSSR count). The first-order valence-corrected chi connectivity index (χ1v) is 7.48. The van der Waals surface area contributed by atoms with Crippen LogP contribution in [0.25, 0.3) is 0 Å². The van der Waals surface area contributed by atoms with Crippen LogP contribution in [0.4, 0.5) is 0 Å². The van der Waals surface area contributed by atoms with Gasteiger partial charge < -0.3 is 5.11 Å². The Morgan fingerprint density at radius 3 is 2.40 bits per heavy atom. The molecule has 1 unspecified atom stereocenters. The number of benzene rings is 1. The molecule has 0 spiro atoms. The zero-order chi connectivity index (χ0) is 14.8. The molecule has 0 saturated carbocycles. The Balaban J connectivity index is 2.38. The zero-order valence-corrected chi connectivity index (χ0v) is 12.8. The third-order valence-electron chi connectivity index (χ3n) is 4.68. The Labute approximate surface area is 121 Å². The van der Waals surface area contributed by atoms with E-state index in [0.717, 1.165) is 18.7 Å². The number of piperidine rings is 1. The molecule has 1 aromatic carbocycles. The van der Waals surface area contributed by atoms with E-state index in [1.54, 1.807) is 0 Å². The lowest BCUT2D eigenvalue weighted by molar-refractivity contribution is -0.140. The zero-order valence-electron chi connectivity index (χ0n) is 12.8. The van der Waals surface area contributed by atoms with Gasteiger partial charge in [-0.1, -0.05) is 24.6 Å². The molecule has 110 valence electrons. The Kier molecular flexibility index (Phi) is 4.48. The van der Waals surface area contributed by atoms with Gasteiger partial charge in [0.25, 0.3) is 0 Å². The predicted molar refractivity (Wildman–Crippen MR) is 80.9 cm³/mol. The average molecular weight is 275 g/mol. The fourth-order valence-electron chi connectivity index (χ4n) is 3.15. The summed E-state index contributed by atoms with van der Waals surface area (Å²) in [5.41, 5.74) is 3.22. The van der Waals surface area contributed by atoms with Gasteiger partial charge in [-0.25, -0.2) is 0 Å². The SMILES string of the molecule is Cc1ccc(C(C)(CC(=O)O)N2CCCCC2)cc1C. The van der Waals surface area contributed by atoms with E-state index in [1.807, 2.05) is 0 Å². The van der Waals surface area contributed by atoms with Crippen molar-refractivity contribution in [2.24, 2.45) is 0 Å². The van der Waals surface area contributed by atoms with Crippen LogP contribution in [0.5, 0.6) is 0 Å². The van der Waals surface area contributed by atoms with E-state index in [9.17, 15) is 9.90 Å². The van der Waals surface area contributed by atoms with Crippen LogP contribution < -0.4 is 0 Å². The van der Waals surface area contributed by atoms with E-state index in [4.69, 9.17) is 0 Å². The number of carboxylic acid groups (broad SMARTS) is 1. The molecular weight excluding hydrogens is 250 g/mol. The van der Waals surface area contributed by atoms with Crippen molar-refractivity contribution in [3.63, 3.8) is 0 Å². The number of hydrogen-bond donors (Lipinski definition) is 1. The van der Waals surface area contributed by atoms with Crippen molar-refractivity contribution in [2.75, 3.05) is 13.1 Å². The van der Waals surface area contributed by atoms with Crippen LogP contribution in [0.3, 0.4) is 0 Å². The number of hydrogen-bond acceptors (Lipinski definition) is 2. The quantitative estimate of drug-likeness (QED) is 0.914. The van der Waals surface area contributed by atoms with Crippen LogP contribution in [0.1, 0.15) is 49.3 Å². The van der Waals surface area contributed by atoms with Crippen LogP contribution in [0, 0.1) is 13.8 Å². The topological polar surface area (TPSA) is 40.5 Å². The van der Waals surface area contributed by atoms with E-state index in [2.05, 4.69) is 43.9 Å². The number of rotatable bonds is 4. The third kappa shape index (κ3) is 3.04. The van der Waals surface area contributed by atoms with E-state index in [1.165, 1.54) is 30.4 Å². The maximum absolute atomic E-state index is 11.4. The second-order valence-electron chi connectivity index (χ2n) is 6.19. The molecule has 0 radical (unpaired) electrons. The smallest absolute Gasteiger partial charge is 0.305 e. The molecule has 1 saturated heterocycles. The van der Waals surface area contributed by atoms with Crippen molar-refractivity contribution >= 4 is 5.97 Å². The van der Waals surface area contributed by atoms with Gasteiger partial charge in [0.05, 0.1) is 12.0 Å². The molecule has 1 aliphatic heterocycles. The Hall–Kier alpha value is -1.35. The molecule has 20 heavy (non-hydrogen) atoms. The Morgan fingerprint density at radius 1 is 1.20 bits per heavy atom. The van der Waals surface area contributed by atoms with Gasteiger partial charge in [0.2, 0.25) is 0 Å². The fourth-order valence-corrected chi connectivity index (χ4v) is 3.15. The second-order valence-corrected chi connectivity index (χ2v) is 6.19. The molecule has 1 N–H and O–H groups in total. The van der Waals surface area contributed by atoms with Gasteiger partial charge in [0.15, 0.2) is 0 Å². The maximum atomic E-state index is 11.4. The standard InChI is InChI=1S/C17H25NO2/c1-13-7-8-15(11-14(13)2)17(3,12-16(19)20)18-9-5-4-6-10-18/h7-8,11H,4-6,9-10,12H2,1-3H3,(H,19,20).